The van der Waals surface area contributed by atoms with Crippen LogP contribution in [-0.2, 0) is 10.8 Å². The minimum absolute atomic E-state index is 0.230. The highest BCUT2D eigenvalue weighted by molar-refractivity contribution is 5.42. The molecule has 0 radical (unpaired) electrons. The predicted octanol–water partition coefficient (Wildman–Crippen LogP) is 8.69. The van der Waals surface area contributed by atoms with E-state index in [0.29, 0.717) is 10.8 Å². The maximum atomic E-state index is 2.30. The monoisotopic (exact) mass is 348 g/mol. The van der Waals surface area contributed by atoms with Gasteiger partial charge >= 0.3 is 0 Å². The molecule has 0 aromatic heterocycles. The molecular formula is C25H48. The van der Waals surface area contributed by atoms with Gasteiger partial charge in [-0.15, -0.1) is 0 Å². The molecule has 0 aliphatic heterocycles. The van der Waals surface area contributed by atoms with Gasteiger partial charge in [0, 0.05) is 0 Å². The third-order valence-electron chi connectivity index (χ3n) is 2.83. The average molecular weight is 349 g/mol. The maximum absolute atomic E-state index is 2.30. The SMILES string of the molecule is CC(C)(C)C.CC(C)(C)C.Cc1cccc(C(C)(C)C)c1C(C)(C)C. The Labute approximate surface area is 160 Å². The third-order valence-corrected chi connectivity index (χ3v) is 2.83. The lowest BCUT2D eigenvalue weighted by Crippen LogP contribution is -2.23. The number of rotatable bonds is 0. The molecule has 0 aliphatic rings. The summed E-state index contributed by atoms with van der Waals surface area (Å²) in [4.78, 5) is 0. The van der Waals surface area contributed by atoms with Crippen LogP contribution in [0.25, 0.3) is 0 Å². The van der Waals surface area contributed by atoms with E-state index < -0.39 is 0 Å². The molecule has 0 amide bonds. The molecule has 25 heavy (non-hydrogen) atoms. The van der Waals surface area contributed by atoms with E-state index in [-0.39, 0.29) is 10.8 Å². The van der Waals surface area contributed by atoms with Crippen LogP contribution in [0.5, 0.6) is 0 Å². The zero-order valence-electron chi connectivity index (χ0n) is 20.2. The molecule has 0 saturated carbocycles. The van der Waals surface area contributed by atoms with Crippen molar-refractivity contribution in [3.8, 4) is 0 Å². The highest BCUT2D eigenvalue weighted by Crippen LogP contribution is 2.35. The van der Waals surface area contributed by atoms with Crippen molar-refractivity contribution < 1.29 is 0 Å². The molecule has 1 aromatic carbocycles. The van der Waals surface area contributed by atoms with Gasteiger partial charge in [0.25, 0.3) is 0 Å². The van der Waals surface area contributed by atoms with E-state index in [0.717, 1.165) is 0 Å². The number of benzene rings is 1. The first-order valence-electron chi connectivity index (χ1n) is 9.74. The molecule has 148 valence electrons. The highest BCUT2D eigenvalue weighted by Gasteiger charge is 2.25. The van der Waals surface area contributed by atoms with E-state index in [1.807, 2.05) is 0 Å². The lowest BCUT2D eigenvalue weighted by Gasteiger charge is -2.31. The van der Waals surface area contributed by atoms with Crippen LogP contribution in [0, 0.1) is 17.8 Å². The Hall–Kier alpha value is -0.780. The van der Waals surface area contributed by atoms with Gasteiger partial charge in [0.15, 0.2) is 0 Å². The van der Waals surface area contributed by atoms with Crippen molar-refractivity contribution in [1.82, 2.24) is 0 Å². The Bertz CT molecular complexity index is 467. The molecule has 0 heteroatoms. The zero-order valence-corrected chi connectivity index (χ0v) is 20.2. The van der Waals surface area contributed by atoms with Crippen molar-refractivity contribution in [3.63, 3.8) is 0 Å². The van der Waals surface area contributed by atoms with Crippen LogP contribution in [-0.4, -0.2) is 0 Å². The summed E-state index contributed by atoms with van der Waals surface area (Å²) in [5.74, 6) is 0. The minimum Gasteiger partial charge on any atom is -0.0617 e. The Morgan fingerprint density at radius 2 is 0.840 bits per heavy atom. The van der Waals surface area contributed by atoms with E-state index in [1.54, 1.807) is 0 Å². The fraction of sp³-hybridized carbons (Fsp3) is 0.760. The summed E-state index contributed by atoms with van der Waals surface area (Å²) in [7, 11) is 0. The van der Waals surface area contributed by atoms with Crippen LogP contribution in [0.15, 0.2) is 18.2 Å². The van der Waals surface area contributed by atoms with Crippen LogP contribution in [0.2, 0.25) is 0 Å². The first kappa shape index (κ1) is 26.4. The van der Waals surface area contributed by atoms with Crippen molar-refractivity contribution in [3.05, 3.63) is 34.9 Å². The molecule has 1 rings (SSSR count). The largest absolute Gasteiger partial charge is 0.0617 e. The lowest BCUT2D eigenvalue weighted by atomic mass is 9.73. The molecule has 0 nitrogen and oxygen atoms in total. The summed E-state index contributed by atoms with van der Waals surface area (Å²) in [5, 5.41) is 0. The van der Waals surface area contributed by atoms with Gasteiger partial charge in [0.05, 0.1) is 0 Å². The van der Waals surface area contributed by atoms with Gasteiger partial charge < -0.3 is 0 Å². The van der Waals surface area contributed by atoms with Gasteiger partial charge in [-0.1, -0.05) is 115 Å². The fourth-order valence-corrected chi connectivity index (χ4v) is 2.29. The second-order valence-corrected chi connectivity index (χ2v) is 12.5. The molecule has 0 saturated heterocycles. The van der Waals surface area contributed by atoms with Crippen LogP contribution in [0.3, 0.4) is 0 Å². The Kier molecular flexibility index (Phi) is 9.78. The molecule has 0 unspecified atom stereocenters. The summed E-state index contributed by atoms with van der Waals surface area (Å²) in [6.07, 6.45) is 0. The van der Waals surface area contributed by atoms with Gasteiger partial charge in [-0.25, -0.2) is 0 Å². The third kappa shape index (κ3) is 16.4. The van der Waals surface area contributed by atoms with Crippen molar-refractivity contribution in [1.29, 1.82) is 0 Å². The second kappa shape index (κ2) is 9.24. The number of hydrogen-bond donors (Lipinski definition) is 0. The summed E-state index contributed by atoms with van der Waals surface area (Å²) >= 11 is 0. The molecule has 0 heterocycles. The van der Waals surface area contributed by atoms with Gasteiger partial charge in [0.2, 0.25) is 0 Å². The average Bonchev–Trinajstić information content (AvgIpc) is 2.20. The molecule has 0 spiro atoms. The van der Waals surface area contributed by atoms with Crippen LogP contribution in [0.4, 0.5) is 0 Å². The Balaban J connectivity index is 0. The van der Waals surface area contributed by atoms with E-state index in [1.165, 1.54) is 16.7 Å². The van der Waals surface area contributed by atoms with Gasteiger partial charge in [-0.2, -0.15) is 0 Å². The smallest absolute Gasteiger partial charge is 0.0126 e. The summed E-state index contributed by atoms with van der Waals surface area (Å²) in [5.41, 5.74) is 5.87. The topological polar surface area (TPSA) is 0 Å². The fourth-order valence-electron chi connectivity index (χ4n) is 2.29. The van der Waals surface area contributed by atoms with Crippen LogP contribution >= 0.6 is 0 Å². The minimum atomic E-state index is 0.230. The summed E-state index contributed by atoms with van der Waals surface area (Å²) < 4.78 is 0. The first-order chi connectivity index (χ1) is 10.6. The molecule has 0 bridgehead atoms. The van der Waals surface area contributed by atoms with Crippen LogP contribution in [0.1, 0.15) is 114 Å². The van der Waals surface area contributed by atoms with E-state index in [2.05, 4.69) is 122 Å². The normalized spacial score (nSPS) is 12.6. The van der Waals surface area contributed by atoms with Crippen molar-refractivity contribution in [2.45, 2.75) is 115 Å². The van der Waals surface area contributed by atoms with Crippen molar-refractivity contribution in [2.75, 3.05) is 0 Å². The van der Waals surface area contributed by atoms with E-state index in [4.69, 9.17) is 0 Å². The molecular weight excluding hydrogens is 300 g/mol. The van der Waals surface area contributed by atoms with Gasteiger partial charge in [0.1, 0.15) is 0 Å². The maximum Gasteiger partial charge on any atom is -0.0126 e. The first-order valence-corrected chi connectivity index (χ1v) is 9.74. The quantitative estimate of drug-likeness (QED) is 0.440. The molecule has 0 fully saturated rings. The molecule has 0 N–H and O–H groups in total. The Morgan fingerprint density at radius 3 is 1.04 bits per heavy atom. The highest BCUT2D eigenvalue weighted by atomic mass is 14.3. The lowest BCUT2D eigenvalue weighted by molar-refractivity contribution is 0.469. The summed E-state index contributed by atoms with van der Waals surface area (Å²) in [6, 6.07) is 6.66. The second-order valence-electron chi connectivity index (χ2n) is 12.5. The number of hydrogen-bond acceptors (Lipinski definition) is 0. The molecule has 0 atom stereocenters. The van der Waals surface area contributed by atoms with Crippen LogP contribution < -0.4 is 0 Å². The summed E-state index contributed by atoms with van der Waals surface area (Å²) in [6.45, 7) is 33.5. The van der Waals surface area contributed by atoms with E-state index in [9.17, 15) is 0 Å². The Morgan fingerprint density at radius 1 is 0.520 bits per heavy atom. The van der Waals surface area contributed by atoms with Crippen molar-refractivity contribution in [2.24, 2.45) is 10.8 Å². The zero-order chi connectivity index (χ0) is 20.9. The van der Waals surface area contributed by atoms with Crippen molar-refractivity contribution >= 4 is 0 Å². The van der Waals surface area contributed by atoms with E-state index >= 15 is 0 Å². The number of aryl methyl sites for hydroxylation is 1. The molecule has 1 aromatic rings. The van der Waals surface area contributed by atoms with Gasteiger partial charge in [-0.05, 0) is 45.3 Å². The molecule has 0 aliphatic carbocycles. The standard InChI is InChI=1S/C15H24.2C5H12/c1-11-9-8-10-12(14(2,3)4)13(11)15(5,6)7;2*1-5(2,3)4/h8-10H,1-7H3;2*1-4H3. The van der Waals surface area contributed by atoms with Gasteiger partial charge in [-0.3, -0.25) is 0 Å². The predicted molar refractivity (Wildman–Crippen MR) is 119 cm³/mol.